The molecule has 0 spiro atoms. The van der Waals surface area contributed by atoms with Crippen LogP contribution in [0.4, 0.5) is 5.82 Å². The number of benzene rings is 1. The predicted molar refractivity (Wildman–Crippen MR) is 136 cm³/mol. The summed E-state index contributed by atoms with van der Waals surface area (Å²) in [4.78, 5) is 16.8. The van der Waals surface area contributed by atoms with Crippen molar-refractivity contribution in [2.45, 2.75) is 76.2 Å². The van der Waals surface area contributed by atoms with Crippen molar-refractivity contribution in [2.24, 2.45) is 0 Å². The zero-order valence-electron chi connectivity index (χ0n) is 19.2. The van der Waals surface area contributed by atoms with Crippen LogP contribution < -0.4 is 5.73 Å². The first-order valence-electron chi connectivity index (χ1n) is 11.6. The van der Waals surface area contributed by atoms with Crippen LogP contribution in [0.1, 0.15) is 91.8 Å². The van der Waals surface area contributed by atoms with Crippen molar-refractivity contribution in [1.29, 1.82) is 10.5 Å². The SMILES string of the molecule is CCCCCCCCCCCc1c(C#N)c(N)nc(SCC(=O)c2ccc(Cl)cc2)c1C#N. The van der Waals surface area contributed by atoms with Crippen LogP contribution in [0, 0.1) is 22.7 Å². The summed E-state index contributed by atoms with van der Waals surface area (Å²) in [6.45, 7) is 2.22. The number of thioether (sulfide) groups is 1. The monoisotopic (exact) mass is 482 g/mol. The highest BCUT2D eigenvalue weighted by Gasteiger charge is 2.19. The molecule has 0 atom stereocenters. The highest BCUT2D eigenvalue weighted by molar-refractivity contribution is 8.00. The van der Waals surface area contributed by atoms with Gasteiger partial charge in [-0.25, -0.2) is 4.98 Å². The van der Waals surface area contributed by atoms with Gasteiger partial charge >= 0.3 is 0 Å². The van der Waals surface area contributed by atoms with Crippen LogP contribution in [-0.2, 0) is 6.42 Å². The summed E-state index contributed by atoms with van der Waals surface area (Å²) in [5.41, 5.74) is 7.87. The van der Waals surface area contributed by atoms with Gasteiger partial charge in [-0.05, 0) is 42.7 Å². The van der Waals surface area contributed by atoms with Crippen molar-refractivity contribution in [3.05, 3.63) is 51.5 Å². The van der Waals surface area contributed by atoms with Gasteiger partial charge in [0.25, 0.3) is 0 Å². The molecule has 0 bridgehead atoms. The molecular formula is C26H31ClN4OS. The predicted octanol–water partition coefficient (Wildman–Crippen LogP) is 7.11. The van der Waals surface area contributed by atoms with Crippen LogP contribution in [-0.4, -0.2) is 16.5 Å². The molecule has 0 unspecified atom stereocenters. The molecule has 33 heavy (non-hydrogen) atoms. The summed E-state index contributed by atoms with van der Waals surface area (Å²) in [6, 6.07) is 11.0. The number of carbonyl (C=O) groups is 1. The minimum absolute atomic E-state index is 0.0919. The number of nitrogens with two attached hydrogens (primary N) is 1. The van der Waals surface area contributed by atoms with Gasteiger partial charge < -0.3 is 5.73 Å². The van der Waals surface area contributed by atoms with Crippen molar-refractivity contribution >= 4 is 35.0 Å². The highest BCUT2D eigenvalue weighted by atomic mass is 35.5. The summed E-state index contributed by atoms with van der Waals surface area (Å²) >= 11 is 7.06. The van der Waals surface area contributed by atoms with Crippen LogP contribution in [0.15, 0.2) is 29.3 Å². The van der Waals surface area contributed by atoms with E-state index in [-0.39, 0.29) is 22.9 Å². The second-order valence-corrected chi connectivity index (χ2v) is 9.45. The Morgan fingerprint density at radius 1 is 0.970 bits per heavy atom. The molecule has 0 saturated carbocycles. The number of hydrogen-bond donors (Lipinski definition) is 1. The second-order valence-electron chi connectivity index (χ2n) is 8.05. The second kappa shape index (κ2) is 14.6. The molecule has 1 heterocycles. The molecule has 1 aromatic carbocycles. The Kier molecular flexibility index (Phi) is 11.8. The molecule has 0 saturated heterocycles. The van der Waals surface area contributed by atoms with Crippen LogP contribution in [0.5, 0.6) is 0 Å². The molecular weight excluding hydrogens is 452 g/mol. The molecule has 0 fully saturated rings. The quantitative estimate of drug-likeness (QED) is 0.175. The average molecular weight is 483 g/mol. The Balaban J connectivity index is 2.01. The lowest BCUT2D eigenvalue weighted by Gasteiger charge is -2.12. The van der Waals surface area contributed by atoms with E-state index in [1.165, 1.54) is 50.3 Å². The smallest absolute Gasteiger partial charge is 0.173 e. The summed E-state index contributed by atoms with van der Waals surface area (Å²) in [7, 11) is 0. The van der Waals surface area contributed by atoms with E-state index in [4.69, 9.17) is 17.3 Å². The average Bonchev–Trinajstić information content (AvgIpc) is 2.81. The van der Waals surface area contributed by atoms with Crippen LogP contribution >= 0.6 is 23.4 Å². The van der Waals surface area contributed by atoms with E-state index in [0.29, 0.717) is 33.2 Å². The van der Waals surface area contributed by atoms with Gasteiger partial charge in [0.1, 0.15) is 23.0 Å². The van der Waals surface area contributed by atoms with Crippen molar-refractivity contribution in [2.75, 3.05) is 11.5 Å². The Morgan fingerprint density at radius 2 is 1.55 bits per heavy atom. The van der Waals surface area contributed by atoms with Crippen LogP contribution in [0.2, 0.25) is 5.02 Å². The maximum atomic E-state index is 12.5. The third-order valence-electron chi connectivity index (χ3n) is 5.56. The number of carbonyl (C=O) groups excluding carboxylic acids is 1. The zero-order valence-corrected chi connectivity index (χ0v) is 20.8. The first kappa shape index (κ1) is 26.7. The van der Waals surface area contributed by atoms with E-state index in [2.05, 4.69) is 24.0 Å². The van der Waals surface area contributed by atoms with E-state index >= 15 is 0 Å². The van der Waals surface area contributed by atoms with E-state index in [1.54, 1.807) is 24.3 Å². The Morgan fingerprint density at radius 3 is 2.12 bits per heavy atom. The fraction of sp³-hybridized carbons (Fsp3) is 0.462. The zero-order chi connectivity index (χ0) is 24.1. The molecule has 1 aromatic heterocycles. The van der Waals surface area contributed by atoms with E-state index in [1.807, 2.05) is 0 Å². The maximum absolute atomic E-state index is 12.5. The van der Waals surface area contributed by atoms with E-state index < -0.39 is 0 Å². The fourth-order valence-corrected chi connectivity index (χ4v) is 4.73. The van der Waals surface area contributed by atoms with Gasteiger partial charge in [0.15, 0.2) is 5.78 Å². The van der Waals surface area contributed by atoms with Gasteiger partial charge in [0.05, 0.1) is 16.9 Å². The number of pyridine rings is 1. The van der Waals surface area contributed by atoms with Gasteiger partial charge in [-0.2, -0.15) is 10.5 Å². The number of nitrogens with zero attached hydrogens (tertiary/aromatic N) is 3. The standard InChI is InChI=1S/C26H31ClN4OS/c1-2-3-4-5-6-7-8-9-10-11-21-22(16-28)25(30)31-26(23(21)17-29)33-18-24(32)19-12-14-20(27)15-13-19/h12-15H,2-11,18H2,1H3,(H2,30,31). The largest absolute Gasteiger partial charge is 0.383 e. The molecule has 2 aromatic rings. The third kappa shape index (κ3) is 8.39. The summed E-state index contributed by atoms with van der Waals surface area (Å²) in [6.07, 6.45) is 11.3. The van der Waals surface area contributed by atoms with Gasteiger partial charge in [-0.1, -0.05) is 81.7 Å². The fourth-order valence-electron chi connectivity index (χ4n) is 3.69. The molecule has 0 amide bonds. The summed E-state index contributed by atoms with van der Waals surface area (Å²) in [5, 5.41) is 20.4. The number of aromatic nitrogens is 1. The first-order valence-corrected chi connectivity index (χ1v) is 12.9. The molecule has 2 rings (SSSR count). The van der Waals surface area contributed by atoms with Gasteiger partial charge in [0, 0.05) is 10.6 Å². The number of nitriles is 2. The Labute approximate surface area is 206 Å². The summed E-state index contributed by atoms with van der Waals surface area (Å²) in [5.74, 6) is 0.140. The molecule has 0 radical (unpaired) electrons. The van der Waals surface area contributed by atoms with Crippen molar-refractivity contribution in [1.82, 2.24) is 4.98 Å². The van der Waals surface area contributed by atoms with E-state index in [0.717, 1.165) is 19.3 Å². The molecule has 7 heteroatoms. The van der Waals surface area contributed by atoms with Crippen molar-refractivity contribution in [3.8, 4) is 12.1 Å². The number of unbranched alkanes of at least 4 members (excludes halogenated alkanes) is 8. The first-order chi connectivity index (χ1) is 16.0. The lowest BCUT2D eigenvalue weighted by Crippen LogP contribution is -2.08. The van der Waals surface area contributed by atoms with Gasteiger partial charge in [-0.3, -0.25) is 4.79 Å². The van der Waals surface area contributed by atoms with Crippen LogP contribution in [0.3, 0.4) is 0 Å². The van der Waals surface area contributed by atoms with Crippen molar-refractivity contribution in [3.63, 3.8) is 0 Å². The third-order valence-corrected chi connectivity index (χ3v) is 6.78. The van der Waals surface area contributed by atoms with Crippen LogP contribution in [0.25, 0.3) is 0 Å². The molecule has 174 valence electrons. The number of rotatable bonds is 14. The molecule has 0 aliphatic heterocycles. The summed E-state index contributed by atoms with van der Waals surface area (Å²) < 4.78 is 0. The Hall–Kier alpha value is -2.54. The minimum Gasteiger partial charge on any atom is -0.383 e. The number of halogens is 1. The number of ketones is 1. The maximum Gasteiger partial charge on any atom is 0.173 e. The normalized spacial score (nSPS) is 10.5. The van der Waals surface area contributed by atoms with Gasteiger partial charge in [0.2, 0.25) is 0 Å². The Bertz CT molecular complexity index is 1010. The lowest BCUT2D eigenvalue weighted by atomic mass is 9.97. The number of nitrogen functional groups attached to an aromatic ring is 1. The number of hydrogen-bond acceptors (Lipinski definition) is 6. The molecule has 0 aliphatic carbocycles. The van der Waals surface area contributed by atoms with Crippen molar-refractivity contribution < 1.29 is 4.79 Å². The van der Waals surface area contributed by atoms with E-state index in [9.17, 15) is 15.3 Å². The molecule has 2 N–H and O–H groups in total. The molecule has 5 nitrogen and oxygen atoms in total. The number of anilines is 1. The topological polar surface area (TPSA) is 104 Å². The minimum atomic E-state index is -0.0919. The molecule has 0 aliphatic rings. The number of Topliss-reactive ketones (excluding diaryl/α,β-unsaturated/α-hetero) is 1. The highest BCUT2D eigenvalue weighted by Crippen LogP contribution is 2.30. The van der Waals surface area contributed by atoms with Gasteiger partial charge in [-0.15, -0.1) is 0 Å². The lowest BCUT2D eigenvalue weighted by molar-refractivity contribution is 0.102.